The van der Waals surface area contributed by atoms with Crippen molar-refractivity contribution in [2.24, 2.45) is 0 Å². The molecule has 1 N–H and O–H groups in total. The van der Waals surface area contributed by atoms with Crippen LogP contribution in [0.5, 0.6) is 0 Å². The first-order chi connectivity index (χ1) is 8.22. The van der Waals surface area contributed by atoms with Crippen molar-refractivity contribution in [3.05, 3.63) is 10.7 Å². The second kappa shape index (κ2) is 5.64. The van der Waals surface area contributed by atoms with Crippen LogP contribution in [0.25, 0.3) is 0 Å². The standard InChI is InChI=1S/C11H17BrN4O/c1-3-13-11-14-6-9(12)10(15-11)16-4-5-17-7-8(16)2/h6,8H,3-5,7H2,1-2H3,(H,13,14,15). The van der Waals surface area contributed by atoms with Gasteiger partial charge in [0.15, 0.2) is 0 Å². The zero-order chi connectivity index (χ0) is 12.3. The summed E-state index contributed by atoms with van der Waals surface area (Å²) in [5, 5.41) is 3.13. The van der Waals surface area contributed by atoms with Crippen molar-refractivity contribution in [1.29, 1.82) is 0 Å². The second-order valence-electron chi connectivity index (χ2n) is 4.01. The molecule has 1 atom stereocenters. The predicted molar refractivity (Wildman–Crippen MR) is 71.5 cm³/mol. The van der Waals surface area contributed by atoms with E-state index in [0.717, 1.165) is 36.6 Å². The van der Waals surface area contributed by atoms with E-state index in [-0.39, 0.29) is 0 Å². The fourth-order valence-electron chi connectivity index (χ4n) is 1.84. The van der Waals surface area contributed by atoms with Crippen LogP contribution < -0.4 is 10.2 Å². The molecule has 2 heterocycles. The largest absolute Gasteiger partial charge is 0.377 e. The Bertz CT molecular complexity index is 388. The Morgan fingerprint density at radius 3 is 3.18 bits per heavy atom. The first kappa shape index (κ1) is 12.6. The average molecular weight is 301 g/mol. The average Bonchev–Trinajstić information content (AvgIpc) is 2.33. The predicted octanol–water partition coefficient (Wildman–Crippen LogP) is 1.90. The van der Waals surface area contributed by atoms with Crippen molar-refractivity contribution in [3.63, 3.8) is 0 Å². The number of morpholine rings is 1. The normalized spacial score (nSPS) is 20.4. The molecule has 1 unspecified atom stereocenters. The monoisotopic (exact) mass is 300 g/mol. The number of rotatable bonds is 3. The SMILES string of the molecule is CCNc1ncc(Br)c(N2CCOCC2C)n1. The minimum atomic E-state index is 0.337. The molecule has 17 heavy (non-hydrogen) atoms. The van der Waals surface area contributed by atoms with Crippen LogP contribution in [-0.2, 0) is 4.74 Å². The number of nitrogens with zero attached hydrogens (tertiary/aromatic N) is 3. The van der Waals surface area contributed by atoms with Crippen molar-refractivity contribution < 1.29 is 4.74 Å². The zero-order valence-electron chi connectivity index (χ0n) is 10.1. The van der Waals surface area contributed by atoms with Gasteiger partial charge in [0.05, 0.1) is 23.7 Å². The Morgan fingerprint density at radius 1 is 1.65 bits per heavy atom. The van der Waals surface area contributed by atoms with Gasteiger partial charge in [0.2, 0.25) is 5.95 Å². The van der Waals surface area contributed by atoms with Gasteiger partial charge in [-0.1, -0.05) is 0 Å². The van der Waals surface area contributed by atoms with Gasteiger partial charge < -0.3 is 15.0 Å². The fraction of sp³-hybridized carbons (Fsp3) is 0.636. The van der Waals surface area contributed by atoms with Gasteiger partial charge in [-0.2, -0.15) is 4.98 Å². The molecule has 6 heteroatoms. The summed E-state index contributed by atoms with van der Waals surface area (Å²) in [6.07, 6.45) is 1.79. The summed E-state index contributed by atoms with van der Waals surface area (Å²) in [5.74, 6) is 1.61. The third kappa shape index (κ3) is 2.87. The van der Waals surface area contributed by atoms with Crippen molar-refractivity contribution >= 4 is 27.7 Å². The highest BCUT2D eigenvalue weighted by Crippen LogP contribution is 2.27. The van der Waals surface area contributed by atoms with E-state index in [2.05, 4.69) is 43.0 Å². The molecule has 1 aromatic heterocycles. The third-order valence-corrected chi connectivity index (χ3v) is 3.26. The Morgan fingerprint density at radius 2 is 2.47 bits per heavy atom. The highest BCUT2D eigenvalue weighted by molar-refractivity contribution is 9.10. The third-order valence-electron chi connectivity index (χ3n) is 2.70. The molecule has 0 radical (unpaired) electrons. The Kier molecular flexibility index (Phi) is 4.17. The highest BCUT2D eigenvalue weighted by Gasteiger charge is 2.22. The van der Waals surface area contributed by atoms with E-state index in [0.29, 0.717) is 12.0 Å². The van der Waals surface area contributed by atoms with Crippen molar-refractivity contribution in [2.75, 3.05) is 36.5 Å². The highest BCUT2D eigenvalue weighted by atomic mass is 79.9. The van der Waals surface area contributed by atoms with Crippen LogP contribution in [0.1, 0.15) is 13.8 Å². The summed E-state index contributed by atoms with van der Waals surface area (Å²) in [7, 11) is 0. The molecule has 94 valence electrons. The maximum Gasteiger partial charge on any atom is 0.224 e. The first-order valence-corrected chi connectivity index (χ1v) is 6.62. The van der Waals surface area contributed by atoms with E-state index in [1.807, 2.05) is 6.92 Å². The number of ether oxygens (including phenoxy) is 1. The van der Waals surface area contributed by atoms with Gasteiger partial charge in [-0.25, -0.2) is 4.98 Å². The molecule has 0 spiro atoms. The lowest BCUT2D eigenvalue weighted by Gasteiger charge is -2.34. The van der Waals surface area contributed by atoms with Crippen molar-refractivity contribution in [3.8, 4) is 0 Å². The van der Waals surface area contributed by atoms with Crippen LogP contribution in [0.15, 0.2) is 10.7 Å². The van der Waals surface area contributed by atoms with Crippen LogP contribution in [0.2, 0.25) is 0 Å². The minimum absolute atomic E-state index is 0.337. The summed E-state index contributed by atoms with van der Waals surface area (Å²) in [6.45, 7) is 7.34. The van der Waals surface area contributed by atoms with Crippen molar-refractivity contribution in [1.82, 2.24) is 9.97 Å². The molecule has 1 saturated heterocycles. The van der Waals surface area contributed by atoms with E-state index in [4.69, 9.17) is 4.74 Å². The molecule has 5 nitrogen and oxygen atoms in total. The molecule has 0 saturated carbocycles. The second-order valence-corrected chi connectivity index (χ2v) is 4.87. The number of hydrogen-bond acceptors (Lipinski definition) is 5. The molecular weight excluding hydrogens is 284 g/mol. The molecule has 1 aromatic rings. The molecule has 0 amide bonds. The van der Waals surface area contributed by atoms with E-state index < -0.39 is 0 Å². The zero-order valence-corrected chi connectivity index (χ0v) is 11.7. The number of aromatic nitrogens is 2. The number of hydrogen-bond donors (Lipinski definition) is 1. The van der Waals surface area contributed by atoms with Crippen LogP contribution in [0, 0.1) is 0 Å². The van der Waals surface area contributed by atoms with E-state index in [9.17, 15) is 0 Å². The van der Waals surface area contributed by atoms with Crippen LogP contribution in [-0.4, -0.2) is 42.3 Å². The lowest BCUT2D eigenvalue weighted by Crippen LogP contribution is -2.44. The van der Waals surface area contributed by atoms with Crippen LogP contribution >= 0.6 is 15.9 Å². The lowest BCUT2D eigenvalue weighted by molar-refractivity contribution is 0.0984. The van der Waals surface area contributed by atoms with Gasteiger partial charge in [-0.15, -0.1) is 0 Å². The molecule has 1 fully saturated rings. The minimum Gasteiger partial charge on any atom is -0.377 e. The van der Waals surface area contributed by atoms with E-state index >= 15 is 0 Å². The summed E-state index contributed by atoms with van der Waals surface area (Å²) >= 11 is 3.51. The van der Waals surface area contributed by atoms with Gasteiger partial charge in [0.25, 0.3) is 0 Å². The Balaban J connectivity index is 2.25. The van der Waals surface area contributed by atoms with E-state index in [1.165, 1.54) is 0 Å². The maximum absolute atomic E-state index is 5.44. The Labute approximate surface area is 110 Å². The number of anilines is 2. The van der Waals surface area contributed by atoms with Crippen molar-refractivity contribution in [2.45, 2.75) is 19.9 Å². The van der Waals surface area contributed by atoms with E-state index in [1.54, 1.807) is 6.20 Å². The molecule has 1 aliphatic rings. The van der Waals surface area contributed by atoms with Crippen LogP contribution in [0.4, 0.5) is 11.8 Å². The molecule has 2 rings (SSSR count). The van der Waals surface area contributed by atoms with Crippen LogP contribution in [0.3, 0.4) is 0 Å². The smallest absolute Gasteiger partial charge is 0.224 e. The van der Waals surface area contributed by atoms with Gasteiger partial charge >= 0.3 is 0 Å². The van der Waals surface area contributed by atoms with Gasteiger partial charge in [0.1, 0.15) is 5.82 Å². The number of nitrogens with one attached hydrogen (secondary N) is 1. The molecule has 1 aliphatic heterocycles. The summed E-state index contributed by atoms with van der Waals surface area (Å²) in [4.78, 5) is 11.0. The lowest BCUT2D eigenvalue weighted by atomic mass is 10.2. The van der Waals surface area contributed by atoms with Gasteiger partial charge in [-0.3, -0.25) is 0 Å². The Hall–Kier alpha value is -0.880. The van der Waals surface area contributed by atoms with Gasteiger partial charge in [-0.05, 0) is 29.8 Å². The summed E-state index contributed by atoms with van der Waals surface area (Å²) in [5.41, 5.74) is 0. The molecular formula is C11H17BrN4O. The quantitative estimate of drug-likeness (QED) is 0.924. The summed E-state index contributed by atoms with van der Waals surface area (Å²) < 4.78 is 6.36. The first-order valence-electron chi connectivity index (χ1n) is 5.83. The molecule has 0 aliphatic carbocycles. The maximum atomic E-state index is 5.44. The number of halogens is 1. The molecule has 0 aromatic carbocycles. The topological polar surface area (TPSA) is 50.3 Å². The fourth-order valence-corrected chi connectivity index (χ4v) is 2.26. The molecule has 0 bridgehead atoms. The van der Waals surface area contributed by atoms with Gasteiger partial charge in [0, 0.05) is 19.3 Å². The summed E-state index contributed by atoms with van der Waals surface area (Å²) in [6, 6.07) is 0.337.